The van der Waals surface area contributed by atoms with Gasteiger partial charge in [-0.05, 0) is 25.8 Å². The van der Waals surface area contributed by atoms with Gasteiger partial charge in [0.15, 0.2) is 24.6 Å². The average molecular weight is 433 g/mol. The standard InChI is InChI=1S/C19H31NO10/c1-11(21)26-10-15-16(27-12(2)22)17(28-13(3)23)18(29-14(4)24)19(30-15)25-9-7-5-6-8-20/h15-19H,5-10,20H2,1-4H3/t15-,16+,17+,18-,19-/m1/s1. The van der Waals surface area contributed by atoms with Crippen LogP contribution in [0.15, 0.2) is 0 Å². The summed E-state index contributed by atoms with van der Waals surface area (Å²) in [4.78, 5) is 46.3. The summed E-state index contributed by atoms with van der Waals surface area (Å²) >= 11 is 0. The third-order valence-corrected chi connectivity index (χ3v) is 4.08. The van der Waals surface area contributed by atoms with Crippen LogP contribution in [0.25, 0.3) is 0 Å². The number of esters is 4. The number of rotatable bonds is 11. The summed E-state index contributed by atoms with van der Waals surface area (Å²) in [7, 11) is 0. The zero-order valence-corrected chi connectivity index (χ0v) is 17.8. The minimum atomic E-state index is -1.22. The Morgan fingerprint density at radius 1 is 0.767 bits per heavy atom. The SMILES string of the molecule is CC(=O)OC[C@H]1O[C@@H](OCCCCCN)[C@H](OC(C)=O)[C@@H](OC(C)=O)[C@H]1OC(C)=O. The minimum absolute atomic E-state index is 0.258. The maximum Gasteiger partial charge on any atom is 0.303 e. The normalized spacial score (nSPS) is 25.8. The summed E-state index contributed by atoms with van der Waals surface area (Å²) in [5.41, 5.74) is 5.47. The molecule has 0 aliphatic carbocycles. The molecule has 1 aliphatic rings. The first-order valence-corrected chi connectivity index (χ1v) is 9.77. The van der Waals surface area contributed by atoms with Crippen LogP contribution in [0.5, 0.6) is 0 Å². The smallest absolute Gasteiger partial charge is 0.303 e. The molecule has 0 bridgehead atoms. The quantitative estimate of drug-likeness (QED) is 0.271. The topological polar surface area (TPSA) is 150 Å². The van der Waals surface area contributed by atoms with E-state index in [2.05, 4.69) is 0 Å². The van der Waals surface area contributed by atoms with Crippen molar-refractivity contribution >= 4 is 23.9 Å². The van der Waals surface area contributed by atoms with Crippen molar-refractivity contribution in [2.75, 3.05) is 19.8 Å². The van der Waals surface area contributed by atoms with Gasteiger partial charge in [-0.15, -0.1) is 0 Å². The highest BCUT2D eigenvalue weighted by Gasteiger charge is 2.52. The molecule has 0 radical (unpaired) electrons. The van der Waals surface area contributed by atoms with Gasteiger partial charge in [-0.1, -0.05) is 0 Å². The maximum atomic E-state index is 11.7. The summed E-state index contributed by atoms with van der Waals surface area (Å²) < 4.78 is 32.4. The van der Waals surface area contributed by atoms with E-state index in [-0.39, 0.29) is 13.2 Å². The summed E-state index contributed by atoms with van der Waals surface area (Å²) in [5, 5.41) is 0. The van der Waals surface area contributed by atoms with Crippen molar-refractivity contribution in [2.24, 2.45) is 5.73 Å². The summed E-state index contributed by atoms with van der Waals surface area (Å²) in [6.07, 6.45) is -3.44. The van der Waals surface area contributed by atoms with Gasteiger partial charge < -0.3 is 34.2 Å². The van der Waals surface area contributed by atoms with Crippen LogP contribution < -0.4 is 5.73 Å². The van der Waals surface area contributed by atoms with Crippen molar-refractivity contribution in [1.82, 2.24) is 0 Å². The average Bonchev–Trinajstić information content (AvgIpc) is 2.63. The lowest BCUT2D eigenvalue weighted by Gasteiger charge is -2.44. The third-order valence-electron chi connectivity index (χ3n) is 4.08. The Morgan fingerprint density at radius 3 is 1.87 bits per heavy atom. The summed E-state index contributed by atoms with van der Waals surface area (Å²) in [5.74, 6) is -2.62. The number of unbranched alkanes of at least 4 members (excludes halogenated alkanes) is 2. The fraction of sp³-hybridized carbons (Fsp3) is 0.789. The second-order valence-corrected chi connectivity index (χ2v) is 6.79. The number of hydrogen-bond donors (Lipinski definition) is 1. The lowest BCUT2D eigenvalue weighted by molar-refractivity contribution is -0.308. The van der Waals surface area contributed by atoms with Gasteiger partial charge in [-0.3, -0.25) is 19.2 Å². The molecule has 0 aromatic carbocycles. The molecule has 0 saturated carbocycles. The molecule has 11 heteroatoms. The Kier molecular flexibility index (Phi) is 11.3. The van der Waals surface area contributed by atoms with Crippen LogP contribution in [0, 0.1) is 0 Å². The molecule has 1 saturated heterocycles. The second kappa shape index (κ2) is 13.1. The van der Waals surface area contributed by atoms with E-state index in [1.807, 2.05) is 0 Å². The third kappa shape index (κ3) is 9.06. The molecular weight excluding hydrogens is 402 g/mol. The fourth-order valence-electron chi connectivity index (χ4n) is 2.95. The van der Waals surface area contributed by atoms with E-state index >= 15 is 0 Å². The van der Waals surface area contributed by atoms with Gasteiger partial charge in [0.05, 0.1) is 0 Å². The molecule has 1 fully saturated rings. The Hall–Kier alpha value is -2.24. The van der Waals surface area contributed by atoms with Crippen LogP contribution in [-0.4, -0.2) is 74.3 Å². The van der Waals surface area contributed by atoms with Crippen LogP contribution in [0.2, 0.25) is 0 Å². The predicted molar refractivity (Wildman–Crippen MR) is 101 cm³/mol. The summed E-state index contributed by atoms with van der Waals surface area (Å²) in [6.45, 7) is 5.23. The first-order valence-electron chi connectivity index (χ1n) is 9.77. The number of carbonyl (C=O) groups is 4. The van der Waals surface area contributed by atoms with E-state index in [1.54, 1.807) is 0 Å². The molecule has 0 aromatic heterocycles. The summed E-state index contributed by atoms with van der Waals surface area (Å²) in [6, 6.07) is 0. The van der Waals surface area contributed by atoms with Crippen molar-refractivity contribution in [2.45, 2.75) is 77.7 Å². The zero-order chi connectivity index (χ0) is 22.7. The molecule has 2 N–H and O–H groups in total. The molecule has 0 aromatic rings. The molecule has 1 rings (SSSR count). The van der Waals surface area contributed by atoms with Gasteiger partial charge in [0.25, 0.3) is 0 Å². The first-order chi connectivity index (χ1) is 14.1. The second-order valence-electron chi connectivity index (χ2n) is 6.79. The maximum absolute atomic E-state index is 11.7. The lowest BCUT2D eigenvalue weighted by Crippen LogP contribution is -2.63. The van der Waals surface area contributed by atoms with E-state index in [9.17, 15) is 19.2 Å². The van der Waals surface area contributed by atoms with E-state index < -0.39 is 54.6 Å². The Morgan fingerprint density at radius 2 is 1.33 bits per heavy atom. The van der Waals surface area contributed by atoms with E-state index in [4.69, 9.17) is 34.2 Å². The van der Waals surface area contributed by atoms with E-state index in [0.29, 0.717) is 13.0 Å². The zero-order valence-electron chi connectivity index (χ0n) is 17.8. The van der Waals surface area contributed by atoms with E-state index in [1.165, 1.54) is 13.8 Å². The molecule has 1 aliphatic heterocycles. The van der Waals surface area contributed by atoms with Gasteiger partial charge in [0.1, 0.15) is 12.7 Å². The van der Waals surface area contributed by atoms with Crippen molar-refractivity contribution in [1.29, 1.82) is 0 Å². The van der Waals surface area contributed by atoms with Crippen LogP contribution in [-0.2, 0) is 47.6 Å². The monoisotopic (exact) mass is 433 g/mol. The van der Waals surface area contributed by atoms with Gasteiger partial charge in [0, 0.05) is 34.3 Å². The van der Waals surface area contributed by atoms with Crippen molar-refractivity contribution in [3.05, 3.63) is 0 Å². The minimum Gasteiger partial charge on any atom is -0.463 e. The molecule has 5 atom stereocenters. The van der Waals surface area contributed by atoms with Gasteiger partial charge >= 0.3 is 23.9 Å². The highest BCUT2D eigenvalue weighted by Crippen LogP contribution is 2.30. The molecule has 30 heavy (non-hydrogen) atoms. The molecule has 0 amide bonds. The molecule has 0 unspecified atom stereocenters. The van der Waals surface area contributed by atoms with Crippen LogP contribution >= 0.6 is 0 Å². The lowest BCUT2D eigenvalue weighted by atomic mass is 9.98. The Labute approximate surface area is 175 Å². The van der Waals surface area contributed by atoms with Gasteiger partial charge in [-0.2, -0.15) is 0 Å². The van der Waals surface area contributed by atoms with Crippen LogP contribution in [0.1, 0.15) is 47.0 Å². The molecule has 0 spiro atoms. The molecule has 1 heterocycles. The van der Waals surface area contributed by atoms with Crippen molar-refractivity contribution < 1.29 is 47.6 Å². The first kappa shape index (κ1) is 25.8. The highest BCUT2D eigenvalue weighted by molar-refractivity contribution is 5.68. The number of carbonyl (C=O) groups excluding carboxylic acids is 4. The highest BCUT2D eigenvalue weighted by atomic mass is 16.7. The van der Waals surface area contributed by atoms with Gasteiger partial charge in [0.2, 0.25) is 0 Å². The van der Waals surface area contributed by atoms with Gasteiger partial charge in [-0.25, -0.2) is 0 Å². The molecule has 172 valence electrons. The van der Waals surface area contributed by atoms with Crippen LogP contribution in [0.4, 0.5) is 0 Å². The number of ether oxygens (including phenoxy) is 6. The fourth-order valence-corrected chi connectivity index (χ4v) is 2.95. The number of hydrogen-bond acceptors (Lipinski definition) is 11. The number of nitrogens with two attached hydrogens (primary N) is 1. The van der Waals surface area contributed by atoms with Crippen molar-refractivity contribution in [3.8, 4) is 0 Å². The van der Waals surface area contributed by atoms with Crippen molar-refractivity contribution in [3.63, 3.8) is 0 Å². The molecular formula is C19H31NO10. The molecule has 11 nitrogen and oxygen atoms in total. The predicted octanol–water partition coefficient (Wildman–Crippen LogP) is 0.215. The Balaban J connectivity index is 3.13. The largest absolute Gasteiger partial charge is 0.463 e. The van der Waals surface area contributed by atoms with Crippen LogP contribution in [0.3, 0.4) is 0 Å². The van der Waals surface area contributed by atoms with E-state index in [0.717, 1.165) is 26.7 Å². The Bertz CT molecular complexity index is 596.